The molecule has 0 radical (unpaired) electrons. The van der Waals surface area contributed by atoms with E-state index in [2.05, 4.69) is 19.2 Å². The van der Waals surface area contributed by atoms with Crippen LogP contribution in [0.15, 0.2) is 0 Å². The average Bonchev–Trinajstić information content (AvgIpc) is 2.52. The van der Waals surface area contributed by atoms with Crippen molar-refractivity contribution in [3.63, 3.8) is 0 Å². The van der Waals surface area contributed by atoms with Gasteiger partial charge in [-0.05, 0) is 32.1 Å². The summed E-state index contributed by atoms with van der Waals surface area (Å²) < 4.78 is 11.5. The number of halogens is 1. The molecule has 2 heterocycles. The first-order valence-electron chi connectivity index (χ1n) is 8.28. The van der Waals surface area contributed by atoms with Crippen LogP contribution >= 0.6 is 12.4 Å². The largest absolute Gasteiger partial charge is 0.377 e. The van der Waals surface area contributed by atoms with Gasteiger partial charge < -0.3 is 20.5 Å². The van der Waals surface area contributed by atoms with Crippen LogP contribution in [0.2, 0.25) is 0 Å². The molecule has 128 valence electrons. The Morgan fingerprint density at radius 1 is 1.18 bits per heavy atom. The van der Waals surface area contributed by atoms with Gasteiger partial charge >= 0.3 is 0 Å². The number of ether oxygens (including phenoxy) is 2. The summed E-state index contributed by atoms with van der Waals surface area (Å²) in [5.41, 5.74) is 5.44. The fourth-order valence-corrected chi connectivity index (χ4v) is 4.36. The number of carbonyl (C=O) groups excluding carboxylic acids is 1. The van der Waals surface area contributed by atoms with E-state index < -0.39 is 5.54 Å². The van der Waals surface area contributed by atoms with E-state index in [4.69, 9.17) is 15.2 Å². The molecule has 22 heavy (non-hydrogen) atoms. The number of fused-ring (bicyclic) bond motifs is 1. The van der Waals surface area contributed by atoms with Crippen molar-refractivity contribution < 1.29 is 14.3 Å². The fraction of sp³-hybridized carbons (Fsp3) is 0.938. The highest BCUT2D eigenvalue weighted by Crippen LogP contribution is 2.57. The lowest BCUT2D eigenvalue weighted by atomic mass is 9.46. The summed E-state index contributed by atoms with van der Waals surface area (Å²) in [6.07, 6.45) is 5.57. The van der Waals surface area contributed by atoms with Crippen LogP contribution < -0.4 is 11.1 Å². The van der Waals surface area contributed by atoms with E-state index in [9.17, 15) is 4.79 Å². The number of nitrogens with two attached hydrogens (primary N) is 1. The van der Waals surface area contributed by atoms with Gasteiger partial charge in [0.15, 0.2) is 0 Å². The summed E-state index contributed by atoms with van der Waals surface area (Å²) in [7, 11) is 0. The van der Waals surface area contributed by atoms with Crippen LogP contribution in [-0.2, 0) is 14.3 Å². The van der Waals surface area contributed by atoms with Crippen LogP contribution in [0.25, 0.3) is 0 Å². The highest BCUT2D eigenvalue weighted by Gasteiger charge is 2.70. The van der Waals surface area contributed by atoms with Crippen LogP contribution in [0.5, 0.6) is 0 Å². The average molecular weight is 333 g/mol. The molecule has 4 atom stereocenters. The molecular formula is C16H29ClN2O3. The molecule has 5 nitrogen and oxygen atoms in total. The molecule has 2 saturated heterocycles. The van der Waals surface area contributed by atoms with E-state index in [0.29, 0.717) is 6.54 Å². The second kappa shape index (κ2) is 6.63. The van der Waals surface area contributed by atoms with Crippen molar-refractivity contribution in [1.29, 1.82) is 0 Å². The minimum atomic E-state index is -0.813. The quantitative estimate of drug-likeness (QED) is 0.823. The Hall–Kier alpha value is -0.360. The number of amides is 1. The number of carbonyl (C=O) groups is 1. The second-order valence-corrected chi connectivity index (χ2v) is 7.33. The number of hydrogen-bond donors (Lipinski definition) is 2. The molecule has 3 fully saturated rings. The van der Waals surface area contributed by atoms with Crippen molar-refractivity contribution in [3.8, 4) is 0 Å². The van der Waals surface area contributed by atoms with E-state index in [1.54, 1.807) is 0 Å². The Bertz CT molecular complexity index is 412. The van der Waals surface area contributed by atoms with Gasteiger partial charge in [0.05, 0.1) is 12.2 Å². The number of nitrogens with one attached hydrogen (secondary N) is 1. The fourth-order valence-electron chi connectivity index (χ4n) is 4.36. The maximum Gasteiger partial charge on any atom is 0.241 e. The first-order valence-corrected chi connectivity index (χ1v) is 8.28. The van der Waals surface area contributed by atoms with E-state index in [1.807, 2.05) is 0 Å². The van der Waals surface area contributed by atoms with E-state index in [1.165, 1.54) is 6.42 Å². The zero-order valence-electron chi connectivity index (χ0n) is 13.6. The SMILES string of the molecule is CC1(C)C2OCCCC2C1(N)C(=O)NCC1CCCCO1.Cl. The maximum atomic E-state index is 12.7. The van der Waals surface area contributed by atoms with Crippen LogP contribution in [0.4, 0.5) is 0 Å². The molecule has 3 N–H and O–H groups in total. The smallest absolute Gasteiger partial charge is 0.241 e. The van der Waals surface area contributed by atoms with Crippen molar-refractivity contribution in [2.24, 2.45) is 17.1 Å². The van der Waals surface area contributed by atoms with Crippen molar-refractivity contribution in [3.05, 3.63) is 0 Å². The Morgan fingerprint density at radius 3 is 2.59 bits per heavy atom. The molecule has 0 aromatic rings. The van der Waals surface area contributed by atoms with Gasteiger partial charge in [0, 0.05) is 31.1 Å². The van der Waals surface area contributed by atoms with Crippen LogP contribution in [0.1, 0.15) is 46.0 Å². The summed E-state index contributed by atoms with van der Waals surface area (Å²) >= 11 is 0. The molecule has 0 aromatic carbocycles. The number of hydrogen-bond acceptors (Lipinski definition) is 4. The molecule has 1 aliphatic carbocycles. The Morgan fingerprint density at radius 2 is 1.91 bits per heavy atom. The summed E-state index contributed by atoms with van der Waals surface area (Å²) in [5, 5.41) is 3.04. The molecule has 1 saturated carbocycles. The Kier molecular flexibility index (Phi) is 5.42. The highest BCUT2D eigenvalue weighted by atomic mass is 35.5. The summed E-state index contributed by atoms with van der Waals surface area (Å²) in [6, 6.07) is 0. The van der Waals surface area contributed by atoms with Gasteiger partial charge in [-0.25, -0.2) is 0 Å². The van der Waals surface area contributed by atoms with Gasteiger partial charge in [0.25, 0.3) is 0 Å². The van der Waals surface area contributed by atoms with Gasteiger partial charge in [-0.2, -0.15) is 0 Å². The zero-order valence-corrected chi connectivity index (χ0v) is 14.4. The first-order chi connectivity index (χ1) is 9.98. The molecule has 4 unspecified atom stereocenters. The Balaban J connectivity index is 0.00000176. The highest BCUT2D eigenvalue weighted by molar-refractivity contribution is 5.89. The van der Waals surface area contributed by atoms with Gasteiger partial charge in [0.1, 0.15) is 5.54 Å². The lowest BCUT2D eigenvalue weighted by molar-refractivity contribution is -0.225. The third-order valence-electron chi connectivity index (χ3n) is 5.82. The minimum Gasteiger partial charge on any atom is -0.377 e. The van der Waals surface area contributed by atoms with Gasteiger partial charge in [-0.3, -0.25) is 4.79 Å². The third kappa shape index (κ3) is 2.66. The molecule has 1 amide bonds. The van der Waals surface area contributed by atoms with Crippen molar-refractivity contribution >= 4 is 18.3 Å². The predicted molar refractivity (Wildman–Crippen MR) is 87.0 cm³/mol. The molecule has 0 bridgehead atoms. The number of rotatable bonds is 3. The molecule has 2 aliphatic heterocycles. The topological polar surface area (TPSA) is 73.6 Å². The molecule has 0 spiro atoms. The second-order valence-electron chi connectivity index (χ2n) is 7.33. The van der Waals surface area contributed by atoms with Crippen LogP contribution in [0.3, 0.4) is 0 Å². The molecule has 3 rings (SSSR count). The molecular weight excluding hydrogens is 304 g/mol. The lowest BCUT2D eigenvalue weighted by Crippen LogP contribution is -2.82. The Labute approximate surface area is 139 Å². The normalized spacial score (nSPS) is 39.9. The van der Waals surface area contributed by atoms with Crippen molar-refractivity contribution in [2.75, 3.05) is 19.8 Å². The van der Waals surface area contributed by atoms with Crippen LogP contribution in [-0.4, -0.2) is 43.4 Å². The third-order valence-corrected chi connectivity index (χ3v) is 5.82. The van der Waals surface area contributed by atoms with Gasteiger partial charge in [0.2, 0.25) is 5.91 Å². The van der Waals surface area contributed by atoms with Crippen LogP contribution in [0, 0.1) is 11.3 Å². The maximum absolute atomic E-state index is 12.7. The van der Waals surface area contributed by atoms with E-state index in [0.717, 1.165) is 38.9 Å². The van der Waals surface area contributed by atoms with Gasteiger partial charge in [-0.15, -0.1) is 12.4 Å². The standard InChI is InChI=1S/C16H28N2O3.ClH/c1-15(2)13-12(7-5-9-21-13)16(15,17)14(19)18-10-11-6-3-4-8-20-11;/h11-13H,3-10,17H2,1-2H3,(H,18,19);1H. The first kappa shape index (κ1) is 18.0. The predicted octanol–water partition coefficient (Wildman–Crippen LogP) is 1.63. The van der Waals surface area contributed by atoms with Gasteiger partial charge in [-0.1, -0.05) is 13.8 Å². The molecule has 0 aromatic heterocycles. The molecule has 3 aliphatic rings. The zero-order chi connectivity index (χ0) is 15.1. The van der Waals surface area contributed by atoms with Crippen molar-refractivity contribution in [1.82, 2.24) is 5.32 Å². The van der Waals surface area contributed by atoms with E-state index >= 15 is 0 Å². The summed E-state index contributed by atoms with van der Waals surface area (Å²) in [6.45, 7) is 6.27. The summed E-state index contributed by atoms with van der Waals surface area (Å²) in [4.78, 5) is 12.7. The lowest BCUT2D eigenvalue weighted by Gasteiger charge is -2.65. The molecule has 6 heteroatoms. The monoisotopic (exact) mass is 332 g/mol. The van der Waals surface area contributed by atoms with E-state index in [-0.39, 0.29) is 41.9 Å². The van der Waals surface area contributed by atoms with Crippen molar-refractivity contribution in [2.45, 2.75) is 63.7 Å². The summed E-state index contributed by atoms with van der Waals surface area (Å²) in [5.74, 6) is 0.113. The minimum absolute atomic E-state index is 0.